The molecular formula is C24H20Cl2N2O2S. The SMILES string of the molecule is O=C(NCc1ccc(Cl)cc1Cl)c1ccc([C@H]2SCC(=O)N2Cc2ccccc2)cc1. The highest BCUT2D eigenvalue weighted by molar-refractivity contribution is 8.00. The van der Waals surface area contributed by atoms with Gasteiger partial charge in [-0.1, -0.05) is 71.7 Å². The summed E-state index contributed by atoms with van der Waals surface area (Å²) in [5, 5.41) is 3.89. The normalized spacial score (nSPS) is 15.9. The van der Waals surface area contributed by atoms with Gasteiger partial charge in [-0.05, 0) is 41.0 Å². The summed E-state index contributed by atoms with van der Waals surface area (Å²) in [5.74, 6) is 0.399. The molecule has 0 aromatic heterocycles. The maximum absolute atomic E-state index is 12.5. The van der Waals surface area contributed by atoms with Crippen LogP contribution in [0.25, 0.3) is 0 Å². The van der Waals surface area contributed by atoms with Gasteiger partial charge in [0.1, 0.15) is 5.37 Å². The smallest absolute Gasteiger partial charge is 0.251 e. The van der Waals surface area contributed by atoms with Gasteiger partial charge in [0.25, 0.3) is 5.91 Å². The van der Waals surface area contributed by atoms with Crippen LogP contribution >= 0.6 is 35.0 Å². The molecule has 0 saturated carbocycles. The van der Waals surface area contributed by atoms with Crippen LogP contribution in [0.1, 0.15) is 32.4 Å². The van der Waals surface area contributed by atoms with Crippen LogP contribution in [-0.4, -0.2) is 22.5 Å². The van der Waals surface area contributed by atoms with Crippen LogP contribution in [0.5, 0.6) is 0 Å². The first kappa shape index (κ1) is 21.8. The van der Waals surface area contributed by atoms with E-state index < -0.39 is 0 Å². The second kappa shape index (κ2) is 9.77. The number of amides is 2. The summed E-state index contributed by atoms with van der Waals surface area (Å²) in [4.78, 5) is 26.9. The van der Waals surface area contributed by atoms with Crippen molar-refractivity contribution in [1.29, 1.82) is 0 Å². The molecule has 2 amide bonds. The molecular weight excluding hydrogens is 451 g/mol. The molecule has 1 aliphatic rings. The van der Waals surface area contributed by atoms with Gasteiger partial charge in [0, 0.05) is 28.7 Å². The van der Waals surface area contributed by atoms with Gasteiger partial charge in [-0.3, -0.25) is 9.59 Å². The zero-order valence-electron chi connectivity index (χ0n) is 16.6. The number of hydrogen-bond acceptors (Lipinski definition) is 3. The molecule has 0 spiro atoms. The Hall–Kier alpha value is -2.47. The highest BCUT2D eigenvalue weighted by Gasteiger charge is 2.32. The molecule has 1 N–H and O–H groups in total. The van der Waals surface area contributed by atoms with E-state index in [2.05, 4.69) is 5.32 Å². The number of nitrogens with zero attached hydrogens (tertiary/aromatic N) is 1. The number of carbonyl (C=O) groups is 2. The van der Waals surface area contributed by atoms with Gasteiger partial charge in [0.2, 0.25) is 5.91 Å². The van der Waals surface area contributed by atoms with Gasteiger partial charge in [-0.15, -0.1) is 11.8 Å². The average molecular weight is 471 g/mol. The summed E-state index contributed by atoms with van der Waals surface area (Å²) in [7, 11) is 0. The van der Waals surface area contributed by atoms with E-state index in [0.29, 0.717) is 34.5 Å². The number of nitrogens with one attached hydrogen (secondary N) is 1. The third kappa shape index (κ3) is 5.24. The topological polar surface area (TPSA) is 49.4 Å². The van der Waals surface area contributed by atoms with E-state index in [0.717, 1.165) is 16.7 Å². The van der Waals surface area contributed by atoms with Crippen molar-refractivity contribution in [3.8, 4) is 0 Å². The van der Waals surface area contributed by atoms with E-state index in [-0.39, 0.29) is 17.2 Å². The Morgan fingerprint density at radius 3 is 2.48 bits per heavy atom. The molecule has 1 atom stereocenters. The van der Waals surface area contributed by atoms with Crippen molar-refractivity contribution in [3.63, 3.8) is 0 Å². The standard InChI is InChI=1S/C24H20Cl2N2O2S/c25-20-11-10-19(21(26)12-20)13-27-23(30)17-6-8-18(9-7-17)24-28(22(29)15-31-24)14-16-4-2-1-3-5-16/h1-12,24H,13-15H2,(H,27,30)/t24-/m1/s1. The van der Waals surface area contributed by atoms with E-state index in [1.54, 1.807) is 42.1 Å². The maximum atomic E-state index is 12.5. The van der Waals surface area contributed by atoms with Gasteiger partial charge in [-0.25, -0.2) is 0 Å². The van der Waals surface area contributed by atoms with Crippen molar-refractivity contribution in [2.45, 2.75) is 18.5 Å². The predicted molar refractivity (Wildman–Crippen MR) is 126 cm³/mol. The van der Waals surface area contributed by atoms with Crippen LogP contribution in [0.4, 0.5) is 0 Å². The van der Waals surface area contributed by atoms with E-state index in [4.69, 9.17) is 23.2 Å². The second-order valence-electron chi connectivity index (χ2n) is 7.21. The minimum atomic E-state index is -0.186. The number of thioether (sulfide) groups is 1. The first-order valence-corrected chi connectivity index (χ1v) is 11.6. The minimum absolute atomic E-state index is 0.0577. The molecule has 1 aliphatic heterocycles. The fourth-order valence-electron chi connectivity index (χ4n) is 3.42. The maximum Gasteiger partial charge on any atom is 0.251 e. The van der Waals surface area contributed by atoms with Crippen LogP contribution < -0.4 is 5.32 Å². The summed E-state index contributed by atoms with van der Waals surface area (Å²) in [6.07, 6.45) is 0. The molecule has 3 aromatic carbocycles. The number of hydrogen-bond donors (Lipinski definition) is 1. The zero-order valence-corrected chi connectivity index (χ0v) is 18.9. The Morgan fingerprint density at radius 2 is 1.77 bits per heavy atom. The van der Waals surface area contributed by atoms with Crippen molar-refractivity contribution in [1.82, 2.24) is 10.2 Å². The van der Waals surface area contributed by atoms with Crippen molar-refractivity contribution in [2.75, 3.05) is 5.75 Å². The first-order valence-electron chi connectivity index (χ1n) is 9.78. The Bertz CT molecular complexity index is 1090. The molecule has 4 rings (SSSR count). The molecule has 158 valence electrons. The number of carbonyl (C=O) groups excluding carboxylic acids is 2. The Balaban J connectivity index is 1.42. The molecule has 0 bridgehead atoms. The first-order chi connectivity index (χ1) is 15.0. The van der Waals surface area contributed by atoms with E-state index >= 15 is 0 Å². The van der Waals surface area contributed by atoms with Crippen LogP contribution in [0.15, 0.2) is 72.8 Å². The average Bonchev–Trinajstić information content (AvgIpc) is 3.14. The Labute approximate surface area is 195 Å². The molecule has 7 heteroatoms. The molecule has 31 heavy (non-hydrogen) atoms. The number of halogens is 2. The van der Waals surface area contributed by atoms with Gasteiger partial charge < -0.3 is 10.2 Å². The largest absolute Gasteiger partial charge is 0.348 e. The quantitative estimate of drug-likeness (QED) is 0.502. The second-order valence-corrected chi connectivity index (χ2v) is 9.12. The molecule has 1 heterocycles. The van der Waals surface area contributed by atoms with Crippen molar-refractivity contribution >= 4 is 46.8 Å². The van der Waals surface area contributed by atoms with Crippen LogP contribution in [0.2, 0.25) is 10.0 Å². The monoisotopic (exact) mass is 470 g/mol. The Morgan fingerprint density at radius 1 is 1.03 bits per heavy atom. The van der Waals surface area contributed by atoms with Gasteiger partial charge in [-0.2, -0.15) is 0 Å². The molecule has 0 aliphatic carbocycles. The lowest BCUT2D eigenvalue weighted by atomic mass is 10.1. The van der Waals surface area contributed by atoms with E-state index in [1.807, 2.05) is 47.4 Å². The summed E-state index contributed by atoms with van der Waals surface area (Å²) in [6.45, 7) is 0.885. The zero-order chi connectivity index (χ0) is 21.8. The van der Waals surface area contributed by atoms with Crippen LogP contribution in [-0.2, 0) is 17.9 Å². The fourth-order valence-corrected chi connectivity index (χ4v) is 5.09. The van der Waals surface area contributed by atoms with Crippen molar-refractivity contribution < 1.29 is 9.59 Å². The lowest BCUT2D eigenvalue weighted by Crippen LogP contribution is -2.27. The minimum Gasteiger partial charge on any atom is -0.348 e. The lowest BCUT2D eigenvalue weighted by molar-refractivity contribution is -0.128. The number of benzene rings is 3. The van der Waals surface area contributed by atoms with Gasteiger partial charge in [0.05, 0.1) is 5.75 Å². The van der Waals surface area contributed by atoms with Crippen LogP contribution in [0.3, 0.4) is 0 Å². The van der Waals surface area contributed by atoms with Gasteiger partial charge in [0.15, 0.2) is 0 Å². The molecule has 1 saturated heterocycles. The van der Waals surface area contributed by atoms with Crippen molar-refractivity contribution in [2.24, 2.45) is 0 Å². The molecule has 1 fully saturated rings. The van der Waals surface area contributed by atoms with E-state index in [9.17, 15) is 9.59 Å². The number of rotatable bonds is 6. The van der Waals surface area contributed by atoms with E-state index in [1.165, 1.54) is 0 Å². The summed E-state index contributed by atoms with van der Waals surface area (Å²) in [6, 6.07) is 22.6. The Kier molecular flexibility index (Phi) is 6.86. The van der Waals surface area contributed by atoms with Crippen molar-refractivity contribution in [3.05, 3.63) is 105 Å². The summed E-state index contributed by atoms with van der Waals surface area (Å²) >= 11 is 13.7. The van der Waals surface area contributed by atoms with Crippen LogP contribution in [0, 0.1) is 0 Å². The predicted octanol–water partition coefficient (Wildman–Crippen LogP) is 5.70. The summed E-state index contributed by atoms with van der Waals surface area (Å²) < 4.78 is 0. The highest BCUT2D eigenvalue weighted by atomic mass is 35.5. The third-order valence-electron chi connectivity index (χ3n) is 5.08. The summed E-state index contributed by atoms with van der Waals surface area (Å²) in [5.41, 5.74) is 3.45. The molecule has 0 radical (unpaired) electrons. The van der Waals surface area contributed by atoms with Gasteiger partial charge >= 0.3 is 0 Å². The third-order valence-corrected chi connectivity index (χ3v) is 6.92. The fraction of sp³-hybridized carbons (Fsp3) is 0.167. The molecule has 3 aromatic rings. The highest BCUT2D eigenvalue weighted by Crippen LogP contribution is 2.39. The lowest BCUT2D eigenvalue weighted by Gasteiger charge is -2.24. The molecule has 4 nitrogen and oxygen atoms in total. The molecule has 0 unspecified atom stereocenters.